The lowest BCUT2D eigenvalue weighted by molar-refractivity contribution is -0.0296. The number of hydrogen-bond acceptors (Lipinski definition) is 3. The molecule has 0 saturated heterocycles. The zero-order chi connectivity index (χ0) is 20.0. The van der Waals surface area contributed by atoms with Gasteiger partial charge in [0.25, 0.3) is 0 Å². The average Bonchev–Trinajstić information content (AvgIpc) is 3.02. The third kappa shape index (κ3) is 3.48. The summed E-state index contributed by atoms with van der Waals surface area (Å²) in [6.07, 6.45) is 0. The summed E-state index contributed by atoms with van der Waals surface area (Å²) in [4.78, 5) is 0. The summed E-state index contributed by atoms with van der Waals surface area (Å²) in [6.45, 7) is 13.3. The Balaban J connectivity index is 2.28. The maximum absolute atomic E-state index is 6.54. The van der Waals surface area contributed by atoms with E-state index in [1.54, 1.807) is 14.2 Å². The zero-order valence-electron chi connectivity index (χ0n) is 17.7. The van der Waals surface area contributed by atoms with Gasteiger partial charge in [0.1, 0.15) is 22.9 Å². The predicted octanol–water partition coefficient (Wildman–Crippen LogP) is 5.72. The molecule has 4 heteroatoms. The van der Waals surface area contributed by atoms with Crippen LogP contribution in [0.15, 0.2) is 36.4 Å². The summed E-state index contributed by atoms with van der Waals surface area (Å²) in [7, 11) is 2.87. The molecule has 0 bridgehead atoms. The molecule has 0 spiro atoms. The van der Waals surface area contributed by atoms with Gasteiger partial charge in [0, 0.05) is 18.0 Å². The first-order chi connectivity index (χ1) is 12.6. The third-order valence-electron chi connectivity index (χ3n) is 5.28. The first-order valence-electron chi connectivity index (χ1n) is 9.40. The Labute approximate surface area is 164 Å². The molecular weight excluding hydrogens is 355 g/mol. The molecule has 146 valence electrons. The van der Waals surface area contributed by atoms with Gasteiger partial charge in [-0.2, -0.15) is 0 Å². The van der Waals surface area contributed by atoms with Crippen LogP contribution in [0.1, 0.15) is 40.2 Å². The van der Waals surface area contributed by atoms with Gasteiger partial charge in [0.15, 0.2) is 0 Å². The van der Waals surface area contributed by atoms with E-state index < -0.39 is 7.92 Å². The van der Waals surface area contributed by atoms with Crippen molar-refractivity contribution in [2.24, 2.45) is 0 Å². The topological polar surface area (TPSA) is 27.7 Å². The summed E-state index contributed by atoms with van der Waals surface area (Å²) >= 11 is 0. The lowest BCUT2D eigenvalue weighted by atomic mass is 9.99. The van der Waals surface area contributed by atoms with Crippen LogP contribution < -0.4 is 14.8 Å². The smallest absolute Gasteiger partial charge is 0.150 e. The first kappa shape index (κ1) is 20.2. The van der Waals surface area contributed by atoms with Gasteiger partial charge in [-0.3, -0.25) is 0 Å². The van der Waals surface area contributed by atoms with Gasteiger partial charge in [0.05, 0.1) is 7.11 Å². The molecule has 2 aromatic rings. The fourth-order valence-electron chi connectivity index (χ4n) is 3.75. The highest BCUT2D eigenvalue weighted by Gasteiger charge is 2.50. The maximum atomic E-state index is 6.54. The average molecular weight is 386 g/mol. The van der Waals surface area contributed by atoms with Crippen molar-refractivity contribution >= 4 is 13.2 Å². The Morgan fingerprint density at radius 1 is 0.963 bits per heavy atom. The van der Waals surface area contributed by atoms with Crippen LogP contribution in [0, 0.1) is 6.92 Å². The van der Waals surface area contributed by atoms with E-state index in [1.165, 1.54) is 16.4 Å². The highest BCUT2D eigenvalue weighted by atomic mass is 31.1. The minimum Gasteiger partial charge on any atom is -0.496 e. The van der Waals surface area contributed by atoms with Gasteiger partial charge in [-0.05, 0) is 57.1 Å². The molecule has 0 unspecified atom stereocenters. The Kier molecular flexibility index (Phi) is 5.31. The lowest BCUT2D eigenvalue weighted by Gasteiger charge is -2.39. The van der Waals surface area contributed by atoms with E-state index in [0.29, 0.717) is 0 Å². The molecule has 1 aliphatic rings. The van der Waals surface area contributed by atoms with Crippen molar-refractivity contribution in [3.63, 3.8) is 0 Å². The second kappa shape index (κ2) is 7.11. The van der Waals surface area contributed by atoms with E-state index in [2.05, 4.69) is 65.8 Å². The maximum Gasteiger partial charge on any atom is 0.150 e. The minimum atomic E-state index is -0.636. The van der Waals surface area contributed by atoms with Crippen molar-refractivity contribution in [2.75, 3.05) is 14.2 Å². The van der Waals surface area contributed by atoms with Gasteiger partial charge < -0.3 is 14.2 Å². The van der Waals surface area contributed by atoms with Gasteiger partial charge >= 0.3 is 0 Å². The monoisotopic (exact) mass is 386 g/mol. The Morgan fingerprint density at radius 3 is 2.22 bits per heavy atom. The standard InChI is InChI=1S/C23H31O3P/c1-15-11-9-13-17(24-7)19(15)16-12-10-14-18-20(16)27(22(2,3)4)21(26-18)23(5,6)25-8/h9-14,21H,1-8H3/t21-,27-/m0/s1. The molecule has 0 amide bonds. The van der Waals surface area contributed by atoms with Crippen LogP contribution in [0.3, 0.4) is 0 Å². The number of rotatable bonds is 4. The molecule has 0 aromatic heterocycles. The number of fused-ring (bicyclic) bond motifs is 1. The first-order valence-corrected chi connectivity index (χ1v) is 10.8. The van der Waals surface area contributed by atoms with Gasteiger partial charge in [-0.15, -0.1) is 0 Å². The summed E-state index contributed by atoms with van der Waals surface area (Å²) in [6, 6.07) is 12.6. The fourth-order valence-corrected chi connectivity index (χ4v) is 7.12. The largest absolute Gasteiger partial charge is 0.496 e. The van der Waals surface area contributed by atoms with Gasteiger partial charge in [-0.1, -0.05) is 45.0 Å². The summed E-state index contributed by atoms with van der Waals surface area (Å²) in [5.74, 6) is 1.89. The molecule has 1 heterocycles. The predicted molar refractivity (Wildman–Crippen MR) is 115 cm³/mol. The molecule has 0 saturated carbocycles. The highest BCUT2D eigenvalue weighted by molar-refractivity contribution is 7.68. The molecule has 3 rings (SSSR count). The van der Waals surface area contributed by atoms with E-state index >= 15 is 0 Å². The molecular formula is C23H31O3P. The SMILES string of the molecule is COc1cccc(C)c1-c1cccc2c1[P@](C(C)(C)C)[C@@H](C(C)(C)OC)O2. The third-order valence-corrected chi connectivity index (χ3v) is 8.87. The molecule has 2 atom stereocenters. The fraction of sp³-hybridized carbons (Fsp3) is 0.478. The van der Waals surface area contributed by atoms with Crippen molar-refractivity contribution in [3.05, 3.63) is 42.0 Å². The van der Waals surface area contributed by atoms with Gasteiger partial charge in [0.2, 0.25) is 0 Å². The van der Waals surface area contributed by atoms with Gasteiger partial charge in [-0.25, -0.2) is 0 Å². The van der Waals surface area contributed by atoms with E-state index in [-0.39, 0.29) is 16.6 Å². The second-order valence-electron chi connectivity index (χ2n) is 8.62. The van der Waals surface area contributed by atoms with E-state index in [9.17, 15) is 0 Å². The van der Waals surface area contributed by atoms with Crippen molar-refractivity contribution < 1.29 is 14.2 Å². The molecule has 0 fully saturated rings. The number of methoxy groups -OCH3 is 2. The van der Waals surface area contributed by atoms with Crippen LogP contribution in [-0.4, -0.2) is 30.8 Å². The normalized spacial score (nSPS) is 19.6. The van der Waals surface area contributed by atoms with Crippen molar-refractivity contribution in [2.45, 2.75) is 58.1 Å². The zero-order valence-corrected chi connectivity index (χ0v) is 18.6. The second-order valence-corrected chi connectivity index (χ2v) is 11.6. The molecule has 0 aliphatic carbocycles. The molecule has 3 nitrogen and oxygen atoms in total. The highest BCUT2D eigenvalue weighted by Crippen LogP contribution is 2.63. The molecule has 0 N–H and O–H groups in total. The molecule has 2 aromatic carbocycles. The lowest BCUT2D eigenvalue weighted by Crippen LogP contribution is -2.42. The summed E-state index contributed by atoms with van der Waals surface area (Å²) in [5.41, 5.74) is 3.22. The van der Waals surface area contributed by atoms with E-state index in [0.717, 1.165) is 17.1 Å². The van der Waals surface area contributed by atoms with Crippen LogP contribution in [0.2, 0.25) is 0 Å². The summed E-state index contributed by atoms with van der Waals surface area (Å²) < 4.78 is 18.1. The number of hydrogen-bond donors (Lipinski definition) is 0. The Hall–Kier alpha value is -1.57. The number of aryl methyl sites for hydroxylation is 1. The Bertz CT molecular complexity index is 836. The van der Waals surface area contributed by atoms with Crippen LogP contribution in [0.4, 0.5) is 0 Å². The van der Waals surface area contributed by atoms with E-state index in [1.807, 2.05) is 12.1 Å². The van der Waals surface area contributed by atoms with E-state index in [4.69, 9.17) is 14.2 Å². The van der Waals surface area contributed by atoms with Crippen molar-refractivity contribution in [1.82, 2.24) is 0 Å². The molecule has 1 aliphatic heterocycles. The quantitative estimate of drug-likeness (QED) is 0.629. The van der Waals surface area contributed by atoms with Crippen molar-refractivity contribution in [1.29, 1.82) is 0 Å². The number of ether oxygens (including phenoxy) is 3. The van der Waals surface area contributed by atoms with Crippen LogP contribution in [0.25, 0.3) is 11.1 Å². The van der Waals surface area contributed by atoms with Crippen LogP contribution >= 0.6 is 7.92 Å². The molecule has 27 heavy (non-hydrogen) atoms. The number of benzene rings is 2. The summed E-state index contributed by atoms with van der Waals surface area (Å²) in [5, 5.41) is 1.40. The van der Waals surface area contributed by atoms with Crippen LogP contribution in [-0.2, 0) is 4.74 Å². The van der Waals surface area contributed by atoms with Crippen LogP contribution in [0.5, 0.6) is 11.5 Å². The Morgan fingerprint density at radius 2 is 1.63 bits per heavy atom. The molecule has 0 radical (unpaired) electrons. The van der Waals surface area contributed by atoms with Crippen molar-refractivity contribution in [3.8, 4) is 22.6 Å². The minimum absolute atomic E-state index is 0.00339.